The van der Waals surface area contributed by atoms with Gasteiger partial charge in [-0.2, -0.15) is 0 Å². The van der Waals surface area contributed by atoms with E-state index in [1.165, 1.54) is 38.1 Å². The number of benzene rings is 2. The Bertz CT molecular complexity index is 1260. The van der Waals surface area contributed by atoms with Gasteiger partial charge in [-0.15, -0.1) is 0 Å². The summed E-state index contributed by atoms with van der Waals surface area (Å²) in [7, 11) is 1.41. The van der Waals surface area contributed by atoms with Gasteiger partial charge in [0.15, 0.2) is 5.76 Å². The van der Waals surface area contributed by atoms with E-state index in [2.05, 4.69) is 4.98 Å². The molecule has 0 unspecified atom stereocenters. The molecule has 3 aromatic rings. The third-order valence-electron chi connectivity index (χ3n) is 5.03. The van der Waals surface area contributed by atoms with Crippen molar-refractivity contribution in [2.24, 2.45) is 0 Å². The number of urea groups is 1. The lowest BCUT2D eigenvalue weighted by Crippen LogP contribution is -2.43. The Morgan fingerprint density at radius 3 is 2.33 bits per heavy atom. The van der Waals surface area contributed by atoms with E-state index in [1.54, 1.807) is 0 Å². The Morgan fingerprint density at radius 1 is 1.06 bits per heavy atom. The molecule has 1 aliphatic rings. The topological polar surface area (TPSA) is 69.8 Å². The minimum Gasteiger partial charge on any atom is -0.437 e. The van der Waals surface area contributed by atoms with Crippen LogP contribution in [0.3, 0.4) is 0 Å². The van der Waals surface area contributed by atoms with Crippen LogP contribution in [0.15, 0.2) is 47.0 Å². The number of aromatic nitrogens is 1. The van der Waals surface area contributed by atoms with Gasteiger partial charge in [0.1, 0.15) is 40.3 Å². The maximum atomic E-state index is 14.6. The predicted molar refractivity (Wildman–Crippen MR) is 112 cm³/mol. The molecule has 2 amide bonds. The average molecular weight is 461 g/mol. The number of hydrogen-bond donors (Lipinski definition) is 1. The molecule has 1 aliphatic heterocycles. The van der Waals surface area contributed by atoms with Crippen LogP contribution in [0.4, 0.5) is 28.0 Å². The molecule has 1 aromatic heterocycles. The second-order valence-electron chi connectivity index (χ2n) is 8.11. The van der Waals surface area contributed by atoms with Crippen molar-refractivity contribution in [3.05, 3.63) is 77.5 Å². The van der Waals surface area contributed by atoms with E-state index in [0.717, 1.165) is 29.2 Å². The van der Waals surface area contributed by atoms with Crippen molar-refractivity contribution in [3.63, 3.8) is 0 Å². The minimum absolute atomic E-state index is 0.0266. The van der Waals surface area contributed by atoms with Crippen LogP contribution in [0.2, 0.25) is 0 Å². The molecule has 0 radical (unpaired) electrons. The Morgan fingerprint density at radius 2 is 1.73 bits per heavy atom. The van der Waals surface area contributed by atoms with Gasteiger partial charge >= 0.3 is 6.03 Å². The number of halogens is 4. The van der Waals surface area contributed by atoms with Crippen molar-refractivity contribution in [3.8, 4) is 11.3 Å². The van der Waals surface area contributed by atoms with Gasteiger partial charge in [-0.05, 0) is 38.1 Å². The lowest BCUT2D eigenvalue weighted by Gasteiger charge is -2.32. The van der Waals surface area contributed by atoms with Gasteiger partial charge in [-0.3, -0.25) is 4.90 Å². The number of hydrogen-bond acceptors (Lipinski definition) is 4. The largest absolute Gasteiger partial charge is 0.437 e. The van der Waals surface area contributed by atoms with Gasteiger partial charge in [-0.25, -0.2) is 27.3 Å². The molecule has 0 bridgehead atoms. The Hall–Kier alpha value is -3.66. The third kappa shape index (κ3) is 4.09. The van der Waals surface area contributed by atoms with Crippen LogP contribution in [0.25, 0.3) is 16.9 Å². The second kappa shape index (κ2) is 8.04. The van der Waals surface area contributed by atoms with E-state index >= 15 is 0 Å². The lowest BCUT2D eigenvalue weighted by molar-refractivity contribution is 0.0489. The Balaban J connectivity index is 1.93. The zero-order chi connectivity index (χ0) is 24.1. The van der Waals surface area contributed by atoms with Crippen molar-refractivity contribution in [2.75, 3.05) is 18.5 Å². The zero-order valence-electron chi connectivity index (χ0n) is 17.9. The highest BCUT2D eigenvalue weighted by molar-refractivity contribution is 5.99. The molecule has 172 valence electrons. The molecule has 0 atom stereocenters. The van der Waals surface area contributed by atoms with E-state index in [4.69, 9.17) is 4.42 Å². The van der Waals surface area contributed by atoms with Crippen molar-refractivity contribution < 1.29 is 31.9 Å². The number of carbonyl (C=O) groups excluding carboxylic acids is 1. The molecule has 0 fully saturated rings. The van der Waals surface area contributed by atoms with Crippen LogP contribution in [0.5, 0.6) is 0 Å². The van der Waals surface area contributed by atoms with Gasteiger partial charge in [0.25, 0.3) is 0 Å². The second-order valence-corrected chi connectivity index (χ2v) is 8.11. The SMILES string of the molecule is CN1CC(c2nc(C(C)(C)O)oc2-c2ccc(F)cc2F)=CN(c2c(F)cccc2F)C1=O. The first kappa shape index (κ1) is 22.5. The van der Waals surface area contributed by atoms with E-state index < -0.39 is 40.6 Å². The van der Waals surface area contributed by atoms with Crippen LogP contribution in [-0.2, 0) is 5.60 Å². The number of nitrogens with zero attached hydrogens (tertiary/aromatic N) is 3. The normalized spacial score (nSPS) is 14.7. The molecule has 0 saturated heterocycles. The number of oxazole rings is 1. The average Bonchev–Trinajstić information content (AvgIpc) is 3.16. The summed E-state index contributed by atoms with van der Waals surface area (Å²) in [4.78, 5) is 19.0. The quantitative estimate of drug-likeness (QED) is 0.553. The first-order valence-corrected chi connectivity index (χ1v) is 9.86. The van der Waals surface area contributed by atoms with Gasteiger partial charge < -0.3 is 14.4 Å². The van der Waals surface area contributed by atoms with Crippen LogP contribution in [0.1, 0.15) is 25.4 Å². The van der Waals surface area contributed by atoms with E-state index in [1.807, 2.05) is 0 Å². The maximum absolute atomic E-state index is 14.6. The number of para-hydroxylation sites is 1. The molecule has 0 aliphatic carbocycles. The fourth-order valence-electron chi connectivity index (χ4n) is 3.43. The molecule has 33 heavy (non-hydrogen) atoms. The molecule has 10 heteroatoms. The number of rotatable bonds is 4. The molecule has 6 nitrogen and oxygen atoms in total. The molecular weight excluding hydrogens is 442 g/mol. The van der Waals surface area contributed by atoms with Gasteiger partial charge in [0, 0.05) is 24.9 Å². The molecule has 2 aromatic carbocycles. The van der Waals surface area contributed by atoms with Crippen molar-refractivity contribution >= 4 is 17.3 Å². The van der Waals surface area contributed by atoms with Gasteiger partial charge in [-0.1, -0.05) is 6.07 Å². The highest BCUT2D eigenvalue weighted by Crippen LogP contribution is 2.37. The summed E-state index contributed by atoms with van der Waals surface area (Å²) in [6.45, 7) is 2.75. The molecule has 0 saturated carbocycles. The van der Waals surface area contributed by atoms with E-state index in [0.29, 0.717) is 6.07 Å². The smallest absolute Gasteiger partial charge is 0.328 e. The number of amides is 2. The van der Waals surface area contributed by atoms with Crippen LogP contribution in [-0.4, -0.2) is 34.6 Å². The van der Waals surface area contributed by atoms with Crippen LogP contribution < -0.4 is 4.90 Å². The number of anilines is 1. The monoisotopic (exact) mass is 461 g/mol. The fraction of sp³-hybridized carbons (Fsp3) is 0.217. The zero-order valence-corrected chi connectivity index (χ0v) is 17.9. The molecule has 1 N–H and O–H groups in total. The Kier molecular flexibility index (Phi) is 5.49. The summed E-state index contributed by atoms with van der Waals surface area (Å²) in [6.07, 6.45) is 1.18. The number of aliphatic hydroxyl groups is 1. The highest BCUT2D eigenvalue weighted by Gasteiger charge is 2.34. The third-order valence-corrected chi connectivity index (χ3v) is 5.03. The van der Waals surface area contributed by atoms with E-state index in [-0.39, 0.29) is 35.0 Å². The first-order chi connectivity index (χ1) is 15.5. The summed E-state index contributed by atoms with van der Waals surface area (Å²) >= 11 is 0. The summed E-state index contributed by atoms with van der Waals surface area (Å²) in [5, 5.41) is 10.4. The fourth-order valence-corrected chi connectivity index (χ4v) is 3.43. The summed E-state index contributed by atoms with van der Waals surface area (Å²) in [6, 6.07) is 5.32. The first-order valence-electron chi connectivity index (χ1n) is 9.86. The van der Waals surface area contributed by atoms with Crippen LogP contribution >= 0.6 is 0 Å². The molecule has 2 heterocycles. The van der Waals surface area contributed by atoms with Gasteiger partial charge in [0.05, 0.1) is 12.1 Å². The maximum Gasteiger partial charge on any atom is 0.328 e. The summed E-state index contributed by atoms with van der Waals surface area (Å²) < 4.78 is 62.6. The predicted octanol–water partition coefficient (Wildman–Crippen LogP) is 5.04. The minimum atomic E-state index is -1.56. The van der Waals surface area contributed by atoms with Crippen molar-refractivity contribution in [1.29, 1.82) is 0 Å². The summed E-state index contributed by atoms with van der Waals surface area (Å²) in [5.74, 6) is -3.96. The lowest BCUT2D eigenvalue weighted by atomic mass is 10.0. The van der Waals surface area contributed by atoms with Crippen molar-refractivity contribution in [2.45, 2.75) is 19.4 Å². The van der Waals surface area contributed by atoms with Gasteiger partial charge in [0.2, 0.25) is 5.89 Å². The molecular formula is C23H19F4N3O3. The Labute approximate surface area is 186 Å². The van der Waals surface area contributed by atoms with Crippen molar-refractivity contribution in [1.82, 2.24) is 9.88 Å². The van der Waals surface area contributed by atoms with Crippen LogP contribution in [0, 0.1) is 23.3 Å². The molecule has 0 spiro atoms. The summed E-state index contributed by atoms with van der Waals surface area (Å²) in [5.41, 5.74) is -2.01. The standard InChI is InChI=1S/C23H19F4N3O3/c1-23(2,32)21-28-18(20(33-21)14-8-7-13(24)9-17(14)27)12-10-29(3)22(31)30(11-12)19-15(25)5-4-6-16(19)26/h4-9,11,32H,10H2,1-3H3. The number of likely N-dealkylation sites (N-methyl/N-ethyl adjacent to an activating group) is 1. The number of carbonyl (C=O) groups is 1. The highest BCUT2D eigenvalue weighted by atomic mass is 19.1. The molecule has 4 rings (SSSR count). The van der Waals surface area contributed by atoms with E-state index in [9.17, 15) is 27.5 Å².